The van der Waals surface area contributed by atoms with E-state index in [1.165, 1.54) is 0 Å². The third kappa shape index (κ3) is 6.15. The van der Waals surface area contributed by atoms with Gasteiger partial charge in [-0.2, -0.15) is 0 Å². The van der Waals surface area contributed by atoms with Crippen LogP contribution in [0, 0.1) is 12.8 Å². The van der Waals surface area contributed by atoms with Crippen molar-refractivity contribution >= 4 is 10.0 Å². The van der Waals surface area contributed by atoms with E-state index in [-0.39, 0.29) is 23.7 Å². The lowest BCUT2D eigenvalue weighted by Gasteiger charge is -2.37. The van der Waals surface area contributed by atoms with E-state index in [4.69, 9.17) is 4.74 Å². The number of rotatable bonds is 7. The van der Waals surface area contributed by atoms with Crippen LogP contribution >= 0.6 is 0 Å². The minimum Gasteiger partial charge on any atom is -0.390 e. The molecule has 1 aliphatic heterocycles. The maximum atomic E-state index is 12.9. The minimum absolute atomic E-state index is 0.0741. The number of fused-ring (bicyclic) bond motifs is 1. The molecule has 1 fully saturated rings. The standard InChI is InChI=1S/C22H36N2O5S/c1-15-5-8-17-9-12-19(23-30(4,27)28)20(24(17)21(15)25)14-29-18-10-6-16(7-11-18)13-22(2,3)26/h5,8,16,18-20,23,26H,6-7,9-14H2,1-4H3. The van der Waals surface area contributed by atoms with E-state index in [1.807, 2.05) is 26.0 Å². The number of hydrogen-bond acceptors (Lipinski definition) is 5. The van der Waals surface area contributed by atoms with Crippen LogP contribution in [0.2, 0.25) is 0 Å². The minimum atomic E-state index is -3.39. The van der Waals surface area contributed by atoms with Crippen molar-refractivity contribution in [2.75, 3.05) is 12.9 Å². The molecule has 2 unspecified atom stereocenters. The van der Waals surface area contributed by atoms with Gasteiger partial charge in [0.1, 0.15) is 0 Å². The van der Waals surface area contributed by atoms with Crippen LogP contribution in [0.3, 0.4) is 0 Å². The Morgan fingerprint density at radius 2 is 1.87 bits per heavy atom. The number of aromatic nitrogens is 1. The molecule has 0 spiro atoms. The fourth-order valence-corrected chi connectivity index (χ4v) is 5.81. The van der Waals surface area contributed by atoms with Gasteiger partial charge in [-0.3, -0.25) is 4.79 Å². The van der Waals surface area contributed by atoms with Crippen molar-refractivity contribution in [1.82, 2.24) is 9.29 Å². The number of ether oxygens (including phenoxy) is 1. The normalized spacial score (nSPS) is 27.6. The van der Waals surface area contributed by atoms with E-state index in [2.05, 4.69) is 4.72 Å². The fraction of sp³-hybridized carbons (Fsp3) is 0.773. The summed E-state index contributed by atoms with van der Waals surface area (Å²) in [5.74, 6) is 0.505. The van der Waals surface area contributed by atoms with Gasteiger partial charge in [0.05, 0.1) is 30.6 Å². The van der Waals surface area contributed by atoms with Gasteiger partial charge in [0, 0.05) is 17.3 Å². The summed E-state index contributed by atoms with van der Waals surface area (Å²) in [7, 11) is -3.39. The zero-order chi connectivity index (χ0) is 22.1. The smallest absolute Gasteiger partial charge is 0.254 e. The van der Waals surface area contributed by atoms with Crippen LogP contribution in [0.5, 0.6) is 0 Å². The topological polar surface area (TPSA) is 97.6 Å². The summed E-state index contributed by atoms with van der Waals surface area (Å²) in [5.41, 5.74) is 0.860. The van der Waals surface area contributed by atoms with Gasteiger partial charge >= 0.3 is 0 Å². The highest BCUT2D eigenvalue weighted by Gasteiger charge is 2.34. The second kappa shape index (κ2) is 9.10. The van der Waals surface area contributed by atoms with E-state index in [0.29, 0.717) is 30.9 Å². The molecule has 1 aromatic heterocycles. The molecule has 8 heteroatoms. The first-order chi connectivity index (χ1) is 13.9. The maximum Gasteiger partial charge on any atom is 0.254 e. The number of nitrogens with zero attached hydrogens (tertiary/aromatic N) is 1. The maximum absolute atomic E-state index is 12.9. The fourth-order valence-electron chi connectivity index (χ4n) is 4.98. The van der Waals surface area contributed by atoms with Crippen LogP contribution in [-0.4, -0.2) is 48.7 Å². The lowest BCUT2D eigenvalue weighted by molar-refractivity contribution is -0.0182. The molecule has 0 aromatic carbocycles. The van der Waals surface area contributed by atoms with E-state index >= 15 is 0 Å². The summed E-state index contributed by atoms with van der Waals surface area (Å²) in [6.45, 7) is 5.80. The Kier molecular flexibility index (Phi) is 7.11. The predicted molar refractivity (Wildman–Crippen MR) is 117 cm³/mol. The molecule has 1 aromatic rings. The molecule has 3 rings (SSSR count). The molecular weight excluding hydrogens is 404 g/mol. The first-order valence-electron chi connectivity index (χ1n) is 11.0. The van der Waals surface area contributed by atoms with Crippen molar-refractivity contribution in [2.24, 2.45) is 5.92 Å². The third-order valence-electron chi connectivity index (χ3n) is 6.35. The number of nitrogens with one attached hydrogen (secondary N) is 1. The number of sulfonamides is 1. The highest BCUT2D eigenvalue weighted by molar-refractivity contribution is 7.88. The number of aliphatic hydroxyl groups is 1. The van der Waals surface area contributed by atoms with Gasteiger partial charge in [-0.25, -0.2) is 13.1 Å². The molecule has 0 saturated heterocycles. The van der Waals surface area contributed by atoms with Crippen LogP contribution in [-0.2, 0) is 21.2 Å². The highest BCUT2D eigenvalue weighted by Crippen LogP contribution is 2.33. The third-order valence-corrected chi connectivity index (χ3v) is 7.08. The summed E-state index contributed by atoms with van der Waals surface area (Å²) in [5, 5.41) is 10.1. The molecule has 2 aliphatic rings. The molecule has 7 nitrogen and oxygen atoms in total. The van der Waals surface area contributed by atoms with Crippen molar-refractivity contribution < 1.29 is 18.3 Å². The van der Waals surface area contributed by atoms with Gasteiger partial charge in [0.15, 0.2) is 0 Å². The van der Waals surface area contributed by atoms with Gasteiger partial charge < -0.3 is 14.4 Å². The SMILES string of the molecule is Cc1ccc2n(c1=O)C(COC1CCC(CC(C)(C)O)CC1)C(NS(C)(=O)=O)CC2. The summed E-state index contributed by atoms with van der Waals surface area (Å²) in [4.78, 5) is 12.9. The van der Waals surface area contributed by atoms with Gasteiger partial charge in [-0.1, -0.05) is 6.07 Å². The molecular formula is C22H36N2O5S. The quantitative estimate of drug-likeness (QED) is 0.678. The van der Waals surface area contributed by atoms with Crippen molar-refractivity contribution in [1.29, 1.82) is 0 Å². The first-order valence-corrected chi connectivity index (χ1v) is 12.8. The molecule has 2 N–H and O–H groups in total. The highest BCUT2D eigenvalue weighted by atomic mass is 32.2. The number of hydrogen-bond donors (Lipinski definition) is 2. The van der Waals surface area contributed by atoms with Gasteiger partial charge in [0.25, 0.3) is 5.56 Å². The van der Waals surface area contributed by atoms with Crippen molar-refractivity contribution in [3.63, 3.8) is 0 Å². The van der Waals surface area contributed by atoms with Gasteiger partial charge in [0.2, 0.25) is 10.0 Å². The molecule has 0 radical (unpaired) electrons. The summed E-state index contributed by atoms with van der Waals surface area (Å²) >= 11 is 0. The predicted octanol–water partition coefficient (Wildman–Crippen LogP) is 2.30. The van der Waals surface area contributed by atoms with Gasteiger partial charge in [-0.05, 0) is 77.7 Å². The van der Waals surface area contributed by atoms with E-state index in [1.54, 1.807) is 11.5 Å². The summed E-state index contributed by atoms with van der Waals surface area (Å²) in [6.07, 6.45) is 7.23. The van der Waals surface area contributed by atoms with Crippen molar-refractivity contribution in [3.05, 3.63) is 33.7 Å². The Balaban J connectivity index is 1.71. The molecule has 170 valence electrons. The molecule has 1 saturated carbocycles. The first kappa shape index (κ1) is 23.4. The van der Waals surface area contributed by atoms with Crippen LogP contribution in [0.15, 0.2) is 16.9 Å². The Morgan fingerprint density at radius 1 is 1.20 bits per heavy atom. The van der Waals surface area contributed by atoms with Gasteiger partial charge in [-0.15, -0.1) is 0 Å². The Hall–Kier alpha value is -1.22. The molecule has 1 aliphatic carbocycles. The van der Waals surface area contributed by atoms with E-state index in [9.17, 15) is 18.3 Å². The largest absolute Gasteiger partial charge is 0.390 e. The lowest BCUT2D eigenvalue weighted by atomic mass is 9.81. The molecule has 0 amide bonds. The van der Waals surface area contributed by atoms with Crippen LogP contribution in [0.1, 0.15) is 69.7 Å². The van der Waals surface area contributed by atoms with Crippen LogP contribution in [0.25, 0.3) is 0 Å². The molecule has 0 bridgehead atoms. The second-order valence-corrected chi connectivity index (χ2v) is 11.6. The zero-order valence-corrected chi connectivity index (χ0v) is 19.4. The van der Waals surface area contributed by atoms with Crippen molar-refractivity contribution in [2.45, 2.75) is 89.5 Å². The Labute approximate surface area is 179 Å². The number of pyridine rings is 1. The average molecular weight is 441 g/mol. The summed E-state index contributed by atoms with van der Waals surface area (Å²) < 4.78 is 34.5. The Morgan fingerprint density at radius 3 is 2.47 bits per heavy atom. The molecule has 30 heavy (non-hydrogen) atoms. The van der Waals surface area contributed by atoms with E-state index < -0.39 is 15.6 Å². The molecule has 2 heterocycles. The zero-order valence-electron chi connectivity index (χ0n) is 18.6. The molecule has 2 atom stereocenters. The second-order valence-electron chi connectivity index (χ2n) is 9.78. The average Bonchev–Trinajstić information content (AvgIpc) is 2.62. The monoisotopic (exact) mass is 440 g/mol. The van der Waals surface area contributed by atoms with Crippen LogP contribution in [0.4, 0.5) is 0 Å². The van der Waals surface area contributed by atoms with Crippen molar-refractivity contribution in [3.8, 4) is 0 Å². The number of aryl methyl sites for hydroxylation is 2. The lowest BCUT2D eigenvalue weighted by Crippen LogP contribution is -2.49. The summed E-state index contributed by atoms with van der Waals surface area (Å²) in [6, 6.07) is 3.08. The Bertz CT molecular complexity index is 895. The van der Waals surface area contributed by atoms with E-state index in [0.717, 1.165) is 44.1 Å². The van der Waals surface area contributed by atoms with Crippen LogP contribution < -0.4 is 10.3 Å².